The molecule has 1 aromatic rings. The van der Waals surface area contributed by atoms with Crippen LogP contribution in [0.15, 0.2) is 0 Å². The number of nitrogens with zero attached hydrogens (tertiary/aromatic N) is 6. The molecule has 2 aliphatic heterocycles. The zero-order valence-corrected chi connectivity index (χ0v) is 15.8. The van der Waals surface area contributed by atoms with Gasteiger partial charge in [-0.1, -0.05) is 0 Å². The lowest BCUT2D eigenvalue weighted by Crippen LogP contribution is -2.45. The number of anilines is 3. The summed E-state index contributed by atoms with van der Waals surface area (Å²) in [6.45, 7) is 8.10. The Morgan fingerprint density at radius 2 is 1.89 bits per heavy atom. The number of likely N-dealkylation sites (N-methyl/N-ethyl adjacent to an activating group) is 1. The molecule has 0 aliphatic carbocycles. The predicted molar refractivity (Wildman–Crippen MR) is 103 cm³/mol. The number of rotatable bonds is 7. The van der Waals surface area contributed by atoms with E-state index >= 15 is 0 Å². The molecule has 0 radical (unpaired) electrons. The first-order chi connectivity index (χ1) is 13.0. The van der Waals surface area contributed by atoms with E-state index in [-0.39, 0.29) is 11.5 Å². The number of aromatic nitrogens is 2. The van der Waals surface area contributed by atoms with E-state index in [0.29, 0.717) is 31.4 Å². The van der Waals surface area contributed by atoms with E-state index in [2.05, 4.69) is 25.1 Å². The van der Waals surface area contributed by atoms with Crippen molar-refractivity contribution in [2.75, 3.05) is 88.6 Å². The van der Waals surface area contributed by atoms with Gasteiger partial charge in [-0.2, -0.15) is 9.97 Å². The monoisotopic (exact) mass is 380 g/mol. The molecule has 0 aromatic carbocycles. The highest BCUT2D eigenvalue weighted by molar-refractivity contribution is 5.71. The molecule has 1 aromatic heterocycles. The molecule has 0 bridgehead atoms. The van der Waals surface area contributed by atoms with Gasteiger partial charge >= 0.3 is 5.69 Å². The van der Waals surface area contributed by atoms with Crippen LogP contribution in [0.25, 0.3) is 0 Å². The van der Waals surface area contributed by atoms with Crippen LogP contribution in [0.2, 0.25) is 0 Å². The first kappa shape index (κ1) is 19.5. The minimum Gasteiger partial charge on any atom is -0.379 e. The Labute approximate surface area is 158 Å². The molecule has 3 rings (SSSR count). The van der Waals surface area contributed by atoms with E-state index < -0.39 is 4.92 Å². The Bertz CT molecular complexity index is 645. The van der Waals surface area contributed by atoms with E-state index in [1.807, 2.05) is 11.9 Å². The average Bonchev–Trinajstić information content (AvgIpc) is 2.66. The normalized spacial score (nSPS) is 19.2. The zero-order chi connectivity index (χ0) is 19.2. The molecule has 11 nitrogen and oxygen atoms in total. The summed E-state index contributed by atoms with van der Waals surface area (Å²) in [7, 11) is 2.03. The van der Waals surface area contributed by atoms with Gasteiger partial charge in [0.15, 0.2) is 0 Å². The lowest BCUT2D eigenvalue weighted by atomic mass is 10.3. The topological polar surface area (TPSA) is 126 Å². The number of piperazine rings is 1. The van der Waals surface area contributed by atoms with Crippen LogP contribution in [-0.4, -0.2) is 97.3 Å². The standard InChI is InChI=1S/C16H28N8O3/c1-21-5-7-23(8-6-21)15-13(24(25)26)14(17)19-16(20-15)18-3-2-4-22-9-11-27-12-10-22/h2-12H2,1H3,(H3,17,18,19,20). The van der Waals surface area contributed by atoms with Crippen molar-refractivity contribution in [1.29, 1.82) is 0 Å². The second-order valence-corrected chi connectivity index (χ2v) is 6.89. The molecule has 150 valence electrons. The number of hydrogen-bond acceptors (Lipinski definition) is 10. The third kappa shape index (κ3) is 5.15. The molecule has 27 heavy (non-hydrogen) atoms. The first-order valence-electron chi connectivity index (χ1n) is 9.34. The predicted octanol–water partition coefficient (Wildman–Crippen LogP) is -0.147. The molecule has 0 saturated carbocycles. The Balaban J connectivity index is 1.63. The van der Waals surface area contributed by atoms with Gasteiger partial charge in [-0.3, -0.25) is 15.0 Å². The molecule has 0 spiro atoms. The van der Waals surface area contributed by atoms with Crippen LogP contribution >= 0.6 is 0 Å². The maximum atomic E-state index is 11.5. The van der Waals surface area contributed by atoms with Crippen molar-refractivity contribution >= 4 is 23.3 Å². The van der Waals surface area contributed by atoms with Crippen LogP contribution in [0.1, 0.15) is 6.42 Å². The summed E-state index contributed by atoms with van der Waals surface area (Å²) < 4.78 is 5.34. The highest BCUT2D eigenvalue weighted by atomic mass is 16.6. The van der Waals surface area contributed by atoms with Crippen molar-refractivity contribution in [1.82, 2.24) is 19.8 Å². The van der Waals surface area contributed by atoms with Gasteiger partial charge in [0.1, 0.15) is 0 Å². The number of nitrogen functional groups attached to an aromatic ring is 1. The number of morpholine rings is 1. The fourth-order valence-corrected chi connectivity index (χ4v) is 3.28. The summed E-state index contributed by atoms with van der Waals surface area (Å²) in [4.78, 5) is 25.9. The van der Waals surface area contributed by atoms with Crippen LogP contribution in [0.4, 0.5) is 23.3 Å². The third-order valence-corrected chi connectivity index (χ3v) is 4.92. The Kier molecular flexibility index (Phi) is 6.58. The quantitative estimate of drug-likeness (QED) is 0.375. The lowest BCUT2D eigenvalue weighted by molar-refractivity contribution is -0.383. The number of ether oxygens (including phenoxy) is 1. The van der Waals surface area contributed by atoms with Gasteiger partial charge in [-0.15, -0.1) is 0 Å². The summed E-state index contributed by atoms with van der Waals surface area (Å²) in [6.07, 6.45) is 0.921. The minimum atomic E-state index is -0.495. The van der Waals surface area contributed by atoms with E-state index in [0.717, 1.165) is 52.4 Å². The number of nitro groups is 1. The van der Waals surface area contributed by atoms with Crippen LogP contribution in [-0.2, 0) is 4.74 Å². The van der Waals surface area contributed by atoms with Gasteiger partial charge in [-0.05, 0) is 20.0 Å². The van der Waals surface area contributed by atoms with Gasteiger partial charge in [0.25, 0.3) is 0 Å². The van der Waals surface area contributed by atoms with E-state index in [9.17, 15) is 10.1 Å². The minimum absolute atomic E-state index is 0.0976. The zero-order valence-electron chi connectivity index (χ0n) is 15.8. The summed E-state index contributed by atoms with van der Waals surface area (Å²) in [6, 6.07) is 0. The highest BCUT2D eigenvalue weighted by Crippen LogP contribution is 2.32. The van der Waals surface area contributed by atoms with Crippen molar-refractivity contribution in [2.45, 2.75) is 6.42 Å². The van der Waals surface area contributed by atoms with E-state index in [4.69, 9.17) is 10.5 Å². The SMILES string of the molecule is CN1CCN(c2nc(NCCCN3CCOCC3)nc(N)c2[N+](=O)[O-])CC1. The van der Waals surface area contributed by atoms with Crippen molar-refractivity contribution in [3.05, 3.63) is 10.1 Å². The fraction of sp³-hybridized carbons (Fsp3) is 0.750. The Morgan fingerprint density at radius 3 is 2.56 bits per heavy atom. The van der Waals surface area contributed by atoms with E-state index in [1.54, 1.807) is 0 Å². The molecule has 2 fully saturated rings. The van der Waals surface area contributed by atoms with Crippen LogP contribution in [0.3, 0.4) is 0 Å². The highest BCUT2D eigenvalue weighted by Gasteiger charge is 2.29. The van der Waals surface area contributed by atoms with Crippen LogP contribution < -0.4 is 16.0 Å². The summed E-state index contributed by atoms with van der Waals surface area (Å²) >= 11 is 0. The van der Waals surface area contributed by atoms with Crippen molar-refractivity contribution in [3.63, 3.8) is 0 Å². The first-order valence-corrected chi connectivity index (χ1v) is 9.34. The van der Waals surface area contributed by atoms with Crippen LogP contribution in [0, 0.1) is 10.1 Å². The molecular formula is C16H28N8O3. The van der Waals surface area contributed by atoms with Crippen LogP contribution in [0.5, 0.6) is 0 Å². The van der Waals surface area contributed by atoms with E-state index in [1.165, 1.54) is 0 Å². The van der Waals surface area contributed by atoms with Gasteiger partial charge in [-0.25, -0.2) is 0 Å². The molecule has 2 aliphatic rings. The summed E-state index contributed by atoms with van der Waals surface area (Å²) in [5.41, 5.74) is 5.68. The van der Waals surface area contributed by atoms with Gasteiger partial charge in [0.05, 0.1) is 18.1 Å². The number of nitrogens with two attached hydrogens (primary N) is 1. The Morgan fingerprint density at radius 1 is 1.19 bits per heavy atom. The lowest BCUT2D eigenvalue weighted by Gasteiger charge is -2.33. The largest absolute Gasteiger partial charge is 0.379 e. The second-order valence-electron chi connectivity index (χ2n) is 6.89. The molecule has 2 saturated heterocycles. The van der Waals surface area contributed by atoms with Crippen molar-refractivity contribution in [2.24, 2.45) is 0 Å². The maximum absolute atomic E-state index is 11.5. The van der Waals surface area contributed by atoms with Gasteiger partial charge in [0, 0.05) is 45.8 Å². The molecule has 3 N–H and O–H groups in total. The molecule has 3 heterocycles. The van der Waals surface area contributed by atoms with Gasteiger partial charge < -0.3 is 25.6 Å². The molecule has 0 amide bonds. The van der Waals surface area contributed by atoms with Crippen molar-refractivity contribution in [3.8, 4) is 0 Å². The molecule has 0 unspecified atom stereocenters. The maximum Gasteiger partial charge on any atom is 0.353 e. The van der Waals surface area contributed by atoms with Crippen molar-refractivity contribution < 1.29 is 9.66 Å². The third-order valence-electron chi connectivity index (χ3n) is 4.92. The molecule has 0 atom stereocenters. The second kappa shape index (κ2) is 9.11. The molecule has 11 heteroatoms. The Hall–Kier alpha value is -2.24. The number of hydrogen-bond donors (Lipinski definition) is 2. The summed E-state index contributed by atoms with van der Waals surface area (Å²) in [5.74, 6) is 0.546. The summed E-state index contributed by atoms with van der Waals surface area (Å²) in [5, 5.41) is 14.6. The number of nitrogens with one attached hydrogen (secondary N) is 1. The fourth-order valence-electron chi connectivity index (χ4n) is 3.28. The molecular weight excluding hydrogens is 352 g/mol. The average molecular weight is 380 g/mol. The smallest absolute Gasteiger partial charge is 0.353 e. The van der Waals surface area contributed by atoms with Gasteiger partial charge in [0.2, 0.25) is 17.6 Å².